The fourth-order valence-electron chi connectivity index (χ4n) is 5.51. The second-order valence-electron chi connectivity index (χ2n) is 11.2. The number of carboxylic acids is 1. The first kappa shape index (κ1) is 30.8. The van der Waals surface area contributed by atoms with Crippen LogP contribution >= 0.6 is 0 Å². The fraction of sp³-hybridized carbons (Fsp3) is 0.576. The highest BCUT2D eigenvalue weighted by Crippen LogP contribution is 2.35. The second-order valence-corrected chi connectivity index (χ2v) is 11.2. The number of carbonyl (C=O) groups is 2. The van der Waals surface area contributed by atoms with E-state index in [0.717, 1.165) is 64.2 Å². The van der Waals surface area contributed by atoms with Gasteiger partial charge < -0.3 is 10.2 Å². The maximum atomic E-state index is 12.4. The molecule has 2 aromatic rings. The van der Waals surface area contributed by atoms with Crippen LogP contribution in [-0.2, 0) is 20.4 Å². The topological polar surface area (TPSA) is 74.6 Å². The van der Waals surface area contributed by atoms with Crippen LogP contribution in [0, 0.1) is 0 Å². The van der Waals surface area contributed by atoms with Crippen molar-refractivity contribution in [2.45, 2.75) is 115 Å². The minimum Gasteiger partial charge on any atom is -0.481 e. The second kappa shape index (κ2) is 16.4. The molecule has 0 aliphatic carbocycles. The van der Waals surface area contributed by atoms with Crippen LogP contribution in [-0.4, -0.2) is 28.6 Å². The molecule has 0 amide bonds. The molecule has 0 heterocycles. The zero-order valence-corrected chi connectivity index (χ0v) is 23.1. The predicted molar refractivity (Wildman–Crippen MR) is 152 cm³/mol. The molecule has 0 fully saturated rings. The van der Waals surface area contributed by atoms with Crippen molar-refractivity contribution < 1.29 is 19.8 Å². The average Bonchev–Trinajstić information content (AvgIpc) is 2.91. The highest BCUT2D eigenvalue weighted by atomic mass is 16.4. The molecule has 4 nitrogen and oxygen atoms in total. The SMILES string of the molecule is CC(CCCO)(CCCCCC(=O)CCCCCC(C)(CCC(=O)O)c1ccccc1)c1ccccc1. The number of ketones is 1. The van der Waals surface area contributed by atoms with Gasteiger partial charge in [-0.25, -0.2) is 0 Å². The van der Waals surface area contributed by atoms with Gasteiger partial charge in [0.15, 0.2) is 0 Å². The van der Waals surface area contributed by atoms with Gasteiger partial charge in [-0.05, 0) is 66.9 Å². The summed E-state index contributed by atoms with van der Waals surface area (Å²) in [6, 6.07) is 20.8. The number of unbranched alkanes of at least 4 members (excludes halogenated alkanes) is 4. The predicted octanol–water partition coefficient (Wildman–Crippen LogP) is 8.01. The first-order chi connectivity index (χ1) is 17.8. The number of carbonyl (C=O) groups excluding carboxylic acids is 1. The van der Waals surface area contributed by atoms with Gasteiger partial charge in [-0.1, -0.05) is 100 Å². The molecule has 0 radical (unpaired) electrons. The Morgan fingerprint density at radius 3 is 1.46 bits per heavy atom. The molecule has 2 atom stereocenters. The van der Waals surface area contributed by atoms with Crippen LogP contribution in [0.15, 0.2) is 60.7 Å². The smallest absolute Gasteiger partial charge is 0.303 e. The maximum Gasteiger partial charge on any atom is 0.303 e. The third-order valence-electron chi connectivity index (χ3n) is 8.09. The van der Waals surface area contributed by atoms with Gasteiger partial charge in [0.25, 0.3) is 0 Å². The van der Waals surface area contributed by atoms with E-state index in [0.29, 0.717) is 25.0 Å². The van der Waals surface area contributed by atoms with Crippen molar-refractivity contribution in [3.8, 4) is 0 Å². The van der Waals surface area contributed by atoms with Gasteiger partial charge in [0.05, 0.1) is 0 Å². The van der Waals surface area contributed by atoms with Crippen LogP contribution in [0.2, 0.25) is 0 Å². The van der Waals surface area contributed by atoms with E-state index in [4.69, 9.17) is 0 Å². The molecule has 204 valence electrons. The van der Waals surface area contributed by atoms with E-state index in [9.17, 15) is 19.8 Å². The van der Waals surface area contributed by atoms with Crippen LogP contribution in [0.1, 0.15) is 115 Å². The maximum absolute atomic E-state index is 12.4. The number of aliphatic hydroxyl groups is 1. The third kappa shape index (κ3) is 11.2. The number of hydrogen-bond donors (Lipinski definition) is 2. The molecule has 2 rings (SSSR count). The summed E-state index contributed by atoms with van der Waals surface area (Å²) in [6.07, 6.45) is 12.0. The summed E-state index contributed by atoms with van der Waals surface area (Å²) in [4.78, 5) is 23.6. The van der Waals surface area contributed by atoms with Crippen molar-refractivity contribution in [3.05, 3.63) is 71.8 Å². The molecule has 0 saturated carbocycles. The van der Waals surface area contributed by atoms with Crippen LogP contribution in [0.25, 0.3) is 0 Å². The Bertz CT molecular complexity index is 910. The van der Waals surface area contributed by atoms with E-state index in [1.54, 1.807) is 0 Å². The number of carboxylic acid groups (broad SMARTS) is 1. The van der Waals surface area contributed by atoms with Gasteiger partial charge in [0.1, 0.15) is 5.78 Å². The summed E-state index contributed by atoms with van der Waals surface area (Å²) in [5, 5.41) is 18.5. The summed E-state index contributed by atoms with van der Waals surface area (Å²) in [7, 11) is 0. The molecule has 0 aromatic heterocycles. The number of Topliss-reactive ketones (excluding diaryl/α,β-unsaturated/α-hetero) is 1. The average molecular weight is 509 g/mol. The van der Waals surface area contributed by atoms with Crippen molar-refractivity contribution in [1.82, 2.24) is 0 Å². The monoisotopic (exact) mass is 508 g/mol. The summed E-state index contributed by atoms with van der Waals surface area (Å²) in [6.45, 7) is 4.70. The lowest BCUT2D eigenvalue weighted by Crippen LogP contribution is -2.23. The quantitative estimate of drug-likeness (QED) is 0.178. The molecule has 0 bridgehead atoms. The lowest BCUT2D eigenvalue weighted by atomic mass is 9.74. The number of rotatable bonds is 20. The Kier molecular flexibility index (Phi) is 13.6. The van der Waals surface area contributed by atoms with Crippen molar-refractivity contribution in [2.24, 2.45) is 0 Å². The molecular formula is C33H48O4. The van der Waals surface area contributed by atoms with E-state index in [1.165, 1.54) is 11.1 Å². The molecule has 2 unspecified atom stereocenters. The van der Waals surface area contributed by atoms with Crippen LogP contribution in [0.5, 0.6) is 0 Å². The Morgan fingerprint density at radius 2 is 1.03 bits per heavy atom. The molecule has 37 heavy (non-hydrogen) atoms. The Labute approximate surface area is 224 Å². The minimum absolute atomic E-state index is 0.0761. The highest BCUT2D eigenvalue weighted by Gasteiger charge is 2.27. The van der Waals surface area contributed by atoms with Crippen molar-refractivity contribution in [3.63, 3.8) is 0 Å². The Balaban J connectivity index is 1.66. The van der Waals surface area contributed by atoms with E-state index >= 15 is 0 Å². The zero-order chi connectivity index (χ0) is 27.0. The Hall–Kier alpha value is -2.46. The summed E-state index contributed by atoms with van der Waals surface area (Å²) >= 11 is 0. The molecule has 4 heteroatoms. The van der Waals surface area contributed by atoms with Gasteiger partial charge in [0.2, 0.25) is 0 Å². The molecule has 0 aliphatic heterocycles. The van der Waals surface area contributed by atoms with E-state index < -0.39 is 5.97 Å². The van der Waals surface area contributed by atoms with E-state index in [-0.39, 0.29) is 23.9 Å². The number of benzene rings is 2. The number of aliphatic hydroxyl groups excluding tert-OH is 1. The largest absolute Gasteiger partial charge is 0.481 e. The summed E-state index contributed by atoms with van der Waals surface area (Å²) < 4.78 is 0. The van der Waals surface area contributed by atoms with Gasteiger partial charge in [-0.15, -0.1) is 0 Å². The lowest BCUT2D eigenvalue weighted by molar-refractivity contribution is -0.137. The molecular weight excluding hydrogens is 460 g/mol. The fourth-order valence-corrected chi connectivity index (χ4v) is 5.51. The van der Waals surface area contributed by atoms with Crippen LogP contribution in [0.4, 0.5) is 0 Å². The van der Waals surface area contributed by atoms with E-state index in [1.807, 2.05) is 24.3 Å². The molecule has 0 aliphatic rings. The van der Waals surface area contributed by atoms with Crippen LogP contribution in [0.3, 0.4) is 0 Å². The summed E-state index contributed by atoms with van der Waals surface area (Å²) in [5.74, 6) is -0.384. The first-order valence-corrected chi connectivity index (χ1v) is 14.2. The van der Waals surface area contributed by atoms with E-state index in [2.05, 4.69) is 50.2 Å². The van der Waals surface area contributed by atoms with Gasteiger partial charge in [-0.3, -0.25) is 9.59 Å². The third-order valence-corrected chi connectivity index (χ3v) is 8.09. The normalized spacial score (nSPS) is 14.6. The standard InChI is InChI=1S/C33H48O4/c1-32(25-15-27-34,28-16-7-3-8-17-28)23-13-5-11-20-30(35)21-12-6-14-24-33(2,26-22-31(36)37)29-18-9-4-10-19-29/h3-4,7-10,16-19,34H,5-6,11-15,20-27H2,1-2H3,(H,36,37). The van der Waals surface area contributed by atoms with Gasteiger partial charge >= 0.3 is 5.97 Å². The molecule has 2 aromatic carbocycles. The van der Waals surface area contributed by atoms with Crippen molar-refractivity contribution >= 4 is 11.8 Å². The minimum atomic E-state index is -0.748. The van der Waals surface area contributed by atoms with Gasteiger partial charge in [0, 0.05) is 25.9 Å². The highest BCUT2D eigenvalue weighted by molar-refractivity contribution is 5.78. The molecule has 0 spiro atoms. The Morgan fingerprint density at radius 1 is 0.595 bits per heavy atom. The lowest BCUT2D eigenvalue weighted by Gasteiger charge is -2.30. The van der Waals surface area contributed by atoms with Crippen LogP contribution < -0.4 is 0 Å². The zero-order valence-electron chi connectivity index (χ0n) is 23.1. The van der Waals surface area contributed by atoms with Gasteiger partial charge in [-0.2, -0.15) is 0 Å². The summed E-state index contributed by atoms with van der Waals surface area (Å²) in [5.41, 5.74) is 2.47. The molecule has 2 N–H and O–H groups in total. The molecule has 0 saturated heterocycles. The number of aliphatic carboxylic acids is 1. The van der Waals surface area contributed by atoms with Crippen molar-refractivity contribution in [1.29, 1.82) is 0 Å². The van der Waals surface area contributed by atoms with Crippen molar-refractivity contribution in [2.75, 3.05) is 6.61 Å². The first-order valence-electron chi connectivity index (χ1n) is 14.2. The number of hydrogen-bond acceptors (Lipinski definition) is 3.